The number of methoxy groups -OCH3 is 1. The predicted octanol–water partition coefficient (Wildman–Crippen LogP) is 3.64. The molecule has 0 spiro atoms. The molecular weight excluding hydrogens is 370 g/mol. The van der Waals surface area contributed by atoms with Crippen LogP contribution in [0.3, 0.4) is 0 Å². The van der Waals surface area contributed by atoms with E-state index in [2.05, 4.69) is 9.88 Å². The number of carbonyl (C=O) groups excluding carboxylic acids is 1. The number of anilines is 1. The van der Waals surface area contributed by atoms with E-state index in [-0.39, 0.29) is 12.6 Å². The summed E-state index contributed by atoms with van der Waals surface area (Å²) in [5.74, 6) is -0.516. The molecular formula is C22H23N3O4. The summed E-state index contributed by atoms with van der Waals surface area (Å²) in [6, 6.07) is 15.5. The molecule has 0 radical (unpaired) electrons. The van der Waals surface area contributed by atoms with Gasteiger partial charge in [-0.1, -0.05) is 18.2 Å². The lowest BCUT2D eigenvalue weighted by molar-refractivity contribution is -0.141. The third-order valence-electron chi connectivity index (χ3n) is 5.34. The number of aliphatic carboxylic acids is 1. The van der Waals surface area contributed by atoms with Crippen molar-refractivity contribution in [2.45, 2.75) is 13.0 Å². The number of hydrogen-bond acceptors (Lipinski definition) is 3. The van der Waals surface area contributed by atoms with Gasteiger partial charge in [0.1, 0.15) is 5.75 Å². The van der Waals surface area contributed by atoms with Crippen molar-refractivity contribution in [2.75, 3.05) is 25.5 Å². The van der Waals surface area contributed by atoms with Crippen molar-refractivity contribution >= 4 is 28.6 Å². The molecule has 1 unspecified atom stereocenters. The molecule has 7 nitrogen and oxygen atoms in total. The summed E-state index contributed by atoms with van der Waals surface area (Å²) in [6.45, 7) is 1.39. The van der Waals surface area contributed by atoms with Gasteiger partial charge in [0, 0.05) is 31.5 Å². The van der Waals surface area contributed by atoms with Crippen molar-refractivity contribution in [1.82, 2.24) is 9.47 Å². The van der Waals surface area contributed by atoms with E-state index in [1.165, 1.54) is 0 Å². The highest BCUT2D eigenvalue weighted by Crippen LogP contribution is 2.24. The highest BCUT2D eigenvalue weighted by atomic mass is 16.5. The van der Waals surface area contributed by atoms with Gasteiger partial charge in [-0.05, 0) is 47.7 Å². The van der Waals surface area contributed by atoms with Gasteiger partial charge in [-0.15, -0.1) is 0 Å². The smallest absolute Gasteiger partial charge is 0.321 e. The molecule has 1 aliphatic heterocycles. The van der Waals surface area contributed by atoms with Crippen molar-refractivity contribution in [3.8, 4) is 5.75 Å². The van der Waals surface area contributed by atoms with Crippen LogP contribution in [-0.2, 0) is 11.3 Å². The van der Waals surface area contributed by atoms with Crippen molar-refractivity contribution in [3.05, 3.63) is 60.3 Å². The van der Waals surface area contributed by atoms with Crippen LogP contribution in [0.5, 0.6) is 5.75 Å². The Morgan fingerprint density at radius 1 is 1.21 bits per heavy atom. The first-order valence-electron chi connectivity index (χ1n) is 9.54. The lowest BCUT2D eigenvalue weighted by Gasteiger charge is -2.17. The number of ether oxygens (including phenoxy) is 1. The predicted molar refractivity (Wildman–Crippen MR) is 110 cm³/mol. The van der Waals surface area contributed by atoms with Crippen LogP contribution in [0, 0.1) is 5.92 Å². The molecule has 150 valence electrons. The number of carbonyl (C=O) groups is 2. The van der Waals surface area contributed by atoms with Gasteiger partial charge in [-0.2, -0.15) is 0 Å². The molecule has 1 aromatic heterocycles. The van der Waals surface area contributed by atoms with E-state index in [9.17, 15) is 9.59 Å². The molecule has 0 aliphatic carbocycles. The standard InChI is InChI=1S/C22H23N3O4/c1-29-19-4-2-3-15(11-19)13-24-9-7-16-5-6-18(12-20(16)24)23-22(28)25-10-8-17(14-25)21(26)27/h2-7,9,11-12,17H,8,10,13-14H2,1H3,(H,23,28)(H,26,27). The second-order valence-electron chi connectivity index (χ2n) is 7.27. The number of amides is 2. The Morgan fingerprint density at radius 2 is 2.07 bits per heavy atom. The summed E-state index contributed by atoms with van der Waals surface area (Å²) in [5, 5.41) is 13.1. The monoisotopic (exact) mass is 393 g/mol. The fraction of sp³-hybridized carbons (Fsp3) is 0.273. The van der Waals surface area contributed by atoms with E-state index in [0.717, 1.165) is 22.2 Å². The summed E-state index contributed by atoms with van der Waals surface area (Å²) in [6.07, 6.45) is 2.51. The molecule has 7 heteroatoms. The highest BCUT2D eigenvalue weighted by molar-refractivity contribution is 5.93. The third kappa shape index (κ3) is 4.03. The van der Waals surface area contributed by atoms with Gasteiger partial charge in [0.2, 0.25) is 0 Å². The van der Waals surface area contributed by atoms with Crippen LogP contribution in [-0.4, -0.2) is 46.8 Å². The minimum atomic E-state index is -0.850. The zero-order valence-electron chi connectivity index (χ0n) is 16.2. The Balaban J connectivity index is 1.51. The van der Waals surface area contributed by atoms with Crippen LogP contribution in [0.15, 0.2) is 54.7 Å². The second-order valence-corrected chi connectivity index (χ2v) is 7.27. The molecule has 2 N–H and O–H groups in total. The average molecular weight is 393 g/mol. The maximum Gasteiger partial charge on any atom is 0.321 e. The molecule has 1 fully saturated rings. The number of benzene rings is 2. The topological polar surface area (TPSA) is 83.8 Å². The fourth-order valence-electron chi connectivity index (χ4n) is 3.72. The number of hydrogen-bond donors (Lipinski definition) is 2. The Labute approximate surface area is 168 Å². The molecule has 1 atom stereocenters. The number of nitrogens with zero attached hydrogens (tertiary/aromatic N) is 2. The average Bonchev–Trinajstić information content (AvgIpc) is 3.36. The lowest BCUT2D eigenvalue weighted by Crippen LogP contribution is -2.33. The summed E-state index contributed by atoms with van der Waals surface area (Å²) in [5.41, 5.74) is 2.82. The quantitative estimate of drug-likeness (QED) is 0.693. The van der Waals surface area contributed by atoms with E-state index in [4.69, 9.17) is 9.84 Å². The van der Waals surface area contributed by atoms with Crippen molar-refractivity contribution < 1.29 is 19.4 Å². The number of carboxylic acids is 1. The number of likely N-dealkylation sites (tertiary alicyclic amines) is 1. The van der Waals surface area contributed by atoms with Crippen LogP contribution >= 0.6 is 0 Å². The van der Waals surface area contributed by atoms with Crippen LogP contribution in [0.2, 0.25) is 0 Å². The Hall–Kier alpha value is -3.48. The molecule has 2 amide bonds. The van der Waals surface area contributed by atoms with Crippen LogP contribution in [0.1, 0.15) is 12.0 Å². The Bertz CT molecular complexity index is 1060. The first-order chi connectivity index (χ1) is 14.0. The molecule has 1 saturated heterocycles. The zero-order valence-corrected chi connectivity index (χ0v) is 16.2. The van der Waals surface area contributed by atoms with Crippen molar-refractivity contribution in [2.24, 2.45) is 5.92 Å². The molecule has 4 rings (SSSR count). The van der Waals surface area contributed by atoms with Gasteiger partial charge in [0.25, 0.3) is 0 Å². The lowest BCUT2D eigenvalue weighted by atomic mass is 10.1. The number of nitrogens with one attached hydrogen (secondary N) is 1. The molecule has 2 aromatic carbocycles. The third-order valence-corrected chi connectivity index (χ3v) is 5.34. The maximum absolute atomic E-state index is 12.5. The summed E-state index contributed by atoms with van der Waals surface area (Å²) in [7, 11) is 1.65. The summed E-state index contributed by atoms with van der Waals surface area (Å²) >= 11 is 0. The first kappa shape index (κ1) is 18.9. The number of fused-ring (bicyclic) bond motifs is 1. The second kappa shape index (κ2) is 7.87. The van der Waals surface area contributed by atoms with E-state index < -0.39 is 11.9 Å². The minimum Gasteiger partial charge on any atom is -0.497 e. The molecule has 0 bridgehead atoms. The summed E-state index contributed by atoms with van der Waals surface area (Å²) < 4.78 is 7.42. The van der Waals surface area contributed by atoms with Gasteiger partial charge in [-0.25, -0.2) is 4.79 Å². The zero-order chi connectivity index (χ0) is 20.4. The fourth-order valence-corrected chi connectivity index (χ4v) is 3.72. The molecule has 1 aliphatic rings. The Morgan fingerprint density at radius 3 is 2.83 bits per heavy atom. The Kier molecular flexibility index (Phi) is 5.12. The first-order valence-corrected chi connectivity index (χ1v) is 9.54. The van der Waals surface area contributed by atoms with E-state index >= 15 is 0 Å². The summed E-state index contributed by atoms with van der Waals surface area (Å²) in [4.78, 5) is 25.2. The van der Waals surface area contributed by atoms with Crippen LogP contribution in [0.25, 0.3) is 10.9 Å². The normalized spacial score (nSPS) is 16.2. The molecule has 3 aromatic rings. The number of rotatable bonds is 5. The van der Waals surface area contributed by atoms with E-state index in [1.54, 1.807) is 12.0 Å². The van der Waals surface area contributed by atoms with Gasteiger partial charge < -0.3 is 24.6 Å². The minimum absolute atomic E-state index is 0.246. The highest BCUT2D eigenvalue weighted by Gasteiger charge is 2.30. The number of carboxylic acid groups (broad SMARTS) is 1. The van der Waals surface area contributed by atoms with Gasteiger partial charge in [0.15, 0.2) is 0 Å². The van der Waals surface area contributed by atoms with Gasteiger partial charge in [0.05, 0.1) is 18.5 Å². The van der Waals surface area contributed by atoms with Gasteiger partial charge in [-0.3, -0.25) is 4.79 Å². The van der Waals surface area contributed by atoms with Crippen LogP contribution in [0.4, 0.5) is 10.5 Å². The van der Waals surface area contributed by atoms with Gasteiger partial charge >= 0.3 is 12.0 Å². The molecule has 29 heavy (non-hydrogen) atoms. The van der Waals surface area contributed by atoms with Crippen molar-refractivity contribution in [1.29, 1.82) is 0 Å². The van der Waals surface area contributed by atoms with Crippen molar-refractivity contribution in [3.63, 3.8) is 0 Å². The van der Waals surface area contributed by atoms with Crippen LogP contribution < -0.4 is 10.1 Å². The SMILES string of the molecule is COc1cccc(Cn2ccc3ccc(NC(=O)N4CCC(C(=O)O)C4)cc32)c1. The maximum atomic E-state index is 12.5. The van der Waals surface area contributed by atoms with E-state index in [1.807, 2.05) is 54.7 Å². The largest absolute Gasteiger partial charge is 0.497 e. The van der Waals surface area contributed by atoms with E-state index in [0.29, 0.717) is 25.2 Å². The number of urea groups is 1. The molecule has 2 heterocycles. The number of aromatic nitrogens is 1. The molecule has 0 saturated carbocycles.